The second-order valence-corrected chi connectivity index (χ2v) is 4.37. The molecule has 0 spiro atoms. The summed E-state index contributed by atoms with van der Waals surface area (Å²) in [5.41, 5.74) is 10.2. The van der Waals surface area contributed by atoms with Crippen LogP contribution in [0.1, 0.15) is 31.4 Å². The van der Waals surface area contributed by atoms with Crippen molar-refractivity contribution in [3.8, 4) is 0 Å². The van der Waals surface area contributed by atoms with Crippen LogP contribution in [-0.2, 0) is 0 Å². The van der Waals surface area contributed by atoms with Crippen LogP contribution in [0.4, 0.5) is 0 Å². The van der Waals surface area contributed by atoms with Crippen molar-refractivity contribution < 1.29 is 0 Å². The van der Waals surface area contributed by atoms with Crippen LogP contribution in [0.15, 0.2) is 42.7 Å². The number of hydrogen-bond acceptors (Lipinski definition) is 3. The first kappa shape index (κ1) is 11.7. The number of para-hydroxylation sites is 1. The third-order valence-corrected chi connectivity index (χ3v) is 2.81. The molecule has 2 rings (SSSR count). The Labute approximate surface area is 101 Å². The van der Waals surface area contributed by atoms with E-state index in [4.69, 9.17) is 5.73 Å². The second kappa shape index (κ2) is 5.06. The van der Waals surface area contributed by atoms with Gasteiger partial charge in [-0.3, -0.25) is 9.97 Å². The number of rotatable bonds is 4. The van der Waals surface area contributed by atoms with E-state index in [9.17, 15) is 0 Å². The first-order chi connectivity index (χ1) is 8.18. The van der Waals surface area contributed by atoms with E-state index >= 15 is 0 Å². The van der Waals surface area contributed by atoms with Gasteiger partial charge in [-0.05, 0) is 31.4 Å². The monoisotopic (exact) mass is 227 g/mol. The summed E-state index contributed by atoms with van der Waals surface area (Å²) in [4.78, 5) is 8.65. The van der Waals surface area contributed by atoms with Crippen LogP contribution in [0.2, 0.25) is 0 Å². The number of nitrogens with zero attached hydrogens (tertiary/aromatic N) is 2. The molecule has 1 unspecified atom stereocenters. The Bertz CT molecular complexity index is 528. The third-order valence-electron chi connectivity index (χ3n) is 2.81. The number of benzene rings is 1. The van der Waals surface area contributed by atoms with Crippen LogP contribution >= 0.6 is 0 Å². The van der Waals surface area contributed by atoms with Crippen molar-refractivity contribution >= 4 is 11.0 Å². The molecule has 2 aromatic rings. The molecule has 1 aromatic heterocycles. The predicted octanol–water partition coefficient (Wildman–Crippen LogP) is 2.99. The summed E-state index contributed by atoms with van der Waals surface area (Å²) in [6, 6.07) is 5.96. The lowest BCUT2D eigenvalue weighted by Gasteiger charge is -2.13. The quantitative estimate of drug-likeness (QED) is 0.817. The van der Waals surface area contributed by atoms with Crippen molar-refractivity contribution in [2.24, 2.45) is 5.73 Å². The Morgan fingerprint density at radius 3 is 2.88 bits per heavy atom. The Balaban J connectivity index is 2.31. The van der Waals surface area contributed by atoms with Gasteiger partial charge in [0, 0.05) is 18.4 Å². The zero-order valence-electron chi connectivity index (χ0n) is 10.1. The largest absolute Gasteiger partial charge is 0.324 e. The van der Waals surface area contributed by atoms with Gasteiger partial charge in [0.25, 0.3) is 0 Å². The van der Waals surface area contributed by atoms with Gasteiger partial charge in [-0.2, -0.15) is 0 Å². The molecule has 0 fully saturated rings. The van der Waals surface area contributed by atoms with Crippen LogP contribution < -0.4 is 5.73 Å². The molecule has 0 saturated carbocycles. The van der Waals surface area contributed by atoms with E-state index < -0.39 is 0 Å². The average Bonchev–Trinajstić information content (AvgIpc) is 2.35. The fourth-order valence-electron chi connectivity index (χ4n) is 1.87. The molecule has 0 aliphatic carbocycles. The van der Waals surface area contributed by atoms with E-state index in [1.165, 1.54) is 0 Å². The maximum absolute atomic E-state index is 6.20. The van der Waals surface area contributed by atoms with E-state index in [-0.39, 0.29) is 6.04 Å². The first-order valence-corrected chi connectivity index (χ1v) is 5.78. The van der Waals surface area contributed by atoms with Gasteiger partial charge in [-0.1, -0.05) is 17.7 Å². The maximum atomic E-state index is 6.20. The van der Waals surface area contributed by atoms with E-state index in [0.29, 0.717) is 0 Å². The van der Waals surface area contributed by atoms with Gasteiger partial charge >= 0.3 is 0 Å². The van der Waals surface area contributed by atoms with E-state index in [1.807, 2.05) is 25.1 Å². The number of allylic oxidation sites excluding steroid dienone is 1. The fourth-order valence-corrected chi connectivity index (χ4v) is 1.87. The van der Waals surface area contributed by atoms with Crippen molar-refractivity contribution in [1.29, 1.82) is 0 Å². The highest BCUT2D eigenvalue weighted by molar-refractivity contribution is 5.77. The lowest BCUT2D eigenvalue weighted by Crippen LogP contribution is -2.11. The zero-order valence-corrected chi connectivity index (χ0v) is 10.1. The molecule has 3 heteroatoms. The van der Waals surface area contributed by atoms with Crippen LogP contribution in [0.3, 0.4) is 0 Å². The number of fused-ring (bicyclic) bond motifs is 1. The number of aromatic nitrogens is 2. The highest BCUT2D eigenvalue weighted by atomic mass is 14.8. The van der Waals surface area contributed by atoms with Crippen molar-refractivity contribution in [2.75, 3.05) is 0 Å². The van der Waals surface area contributed by atoms with E-state index in [2.05, 4.69) is 16.5 Å². The minimum Gasteiger partial charge on any atom is -0.324 e. The third kappa shape index (κ3) is 2.68. The van der Waals surface area contributed by atoms with E-state index in [1.54, 1.807) is 12.4 Å². The fraction of sp³-hybridized carbons (Fsp3) is 0.286. The molecule has 3 nitrogen and oxygen atoms in total. The summed E-state index contributed by atoms with van der Waals surface area (Å²) in [6.07, 6.45) is 5.24. The van der Waals surface area contributed by atoms with Crippen LogP contribution in [0.5, 0.6) is 0 Å². The van der Waals surface area contributed by atoms with Gasteiger partial charge in [0.15, 0.2) is 0 Å². The molecule has 1 aromatic carbocycles. The van der Waals surface area contributed by atoms with Gasteiger partial charge in [-0.15, -0.1) is 6.58 Å². The van der Waals surface area contributed by atoms with E-state index in [0.717, 1.165) is 35.0 Å². The minimum atomic E-state index is -0.00731. The highest BCUT2D eigenvalue weighted by Gasteiger charge is 2.10. The second-order valence-electron chi connectivity index (χ2n) is 4.37. The maximum Gasteiger partial charge on any atom is 0.0934 e. The summed E-state index contributed by atoms with van der Waals surface area (Å²) < 4.78 is 0. The molecule has 2 N–H and O–H groups in total. The van der Waals surface area contributed by atoms with Gasteiger partial charge in [0.05, 0.1) is 11.0 Å². The highest BCUT2D eigenvalue weighted by Crippen LogP contribution is 2.23. The lowest BCUT2D eigenvalue weighted by atomic mass is 9.99. The summed E-state index contributed by atoms with van der Waals surface area (Å²) in [5, 5.41) is 0. The molecule has 1 atom stereocenters. The van der Waals surface area contributed by atoms with Crippen molar-refractivity contribution in [3.63, 3.8) is 0 Å². The smallest absolute Gasteiger partial charge is 0.0934 e. The summed E-state index contributed by atoms with van der Waals surface area (Å²) in [5.74, 6) is 0. The van der Waals surface area contributed by atoms with Crippen LogP contribution in [0, 0.1) is 0 Å². The molecule has 0 aliphatic rings. The lowest BCUT2D eigenvalue weighted by molar-refractivity contribution is 0.652. The molecule has 0 radical (unpaired) electrons. The van der Waals surface area contributed by atoms with Gasteiger partial charge in [0.2, 0.25) is 0 Å². The molecule has 0 bridgehead atoms. The van der Waals surface area contributed by atoms with Crippen molar-refractivity contribution in [3.05, 3.63) is 48.3 Å². The normalized spacial score (nSPS) is 12.6. The van der Waals surface area contributed by atoms with Crippen LogP contribution in [-0.4, -0.2) is 9.97 Å². The predicted molar refractivity (Wildman–Crippen MR) is 70.5 cm³/mol. The Morgan fingerprint density at radius 1 is 1.35 bits per heavy atom. The van der Waals surface area contributed by atoms with Crippen LogP contribution in [0.25, 0.3) is 11.0 Å². The van der Waals surface area contributed by atoms with Gasteiger partial charge < -0.3 is 5.73 Å². The Morgan fingerprint density at radius 2 is 2.12 bits per heavy atom. The SMILES string of the molecule is C=C(C)CCC(N)c1cccc2nccnc12. The summed E-state index contributed by atoms with van der Waals surface area (Å²) >= 11 is 0. The summed E-state index contributed by atoms with van der Waals surface area (Å²) in [6.45, 7) is 5.92. The average molecular weight is 227 g/mol. The molecular formula is C14H17N3. The van der Waals surface area contributed by atoms with Crippen molar-refractivity contribution in [2.45, 2.75) is 25.8 Å². The summed E-state index contributed by atoms with van der Waals surface area (Å²) in [7, 11) is 0. The molecular weight excluding hydrogens is 210 g/mol. The molecule has 0 saturated heterocycles. The molecule has 88 valence electrons. The minimum absolute atomic E-state index is 0.00731. The number of nitrogens with two attached hydrogens (primary N) is 1. The first-order valence-electron chi connectivity index (χ1n) is 5.78. The molecule has 0 amide bonds. The van der Waals surface area contributed by atoms with Gasteiger partial charge in [0.1, 0.15) is 0 Å². The molecule has 17 heavy (non-hydrogen) atoms. The van der Waals surface area contributed by atoms with Crippen molar-refractivity contribution in [1.82, 2.24) is 9.97 Å². The Hall–Kier alpha value is -1.74. The van der Waals surface area contributed by atoms with Gasteiger partial charge in [-0.25, -0.2) is 0 Å². The zero-order chi connectivity index (χ0) is 12.3. The molecule has 0 aliphatic heterocycles. The number of hydrogen-bond donors (Lipinski definition) is 1. The standard InChI is InChI=1S/C14H17N3/c1-10(2)6-7-12(15)11-4-3-5-13-14(11)17-9-8-16-13/h3-5,8-9,12H,1,6-7,15H2,2H3. The topological polar surface area (TPSA) is 51.8 Å². The Kier molecular flexibility index (Phi) is 3.49. The molecule has 1 heterocycles.